The van der Waals surface area contributed by atoms with Gasteiger partial charge in [0.25, 0.3) is 0 Å². The van der Waals surface area contributed by atoms with Gasteiger partial charge >= 0.3 is 7.12 Å². The minimum Gasteiger partial charge on any atom is -0.423 e. The SMILES string of the molecule is OB(O)c1ccc(-c2nc(-c3ccccc3)nc(-c3ccccc3)n2)cc1-c1ccccc1. The zero-order valence-electron chi connectivity index (χ0n) is 17.7. The Morgan fingerprint density at radius 1 is 0.455 bits per heavy atom. The van der Waals surface area contributed by atoms with E-state index >= 15 is 0 Å². The summed E-state index contributed by atoms with van der Waals surface area (Å²) in [6.45, 7) is 0. The Kier molecular flexibility index (Phi) is 5.76. The summed E-state index contributed by atoms with van der Waals surface area (Å²) in [7, 11) is -1.59. The van der Waals surface area contributed by atoms with Crippen molar-refractivity contribution in [2.45, 2.75) is 0 Å². The molecule has 1 aromatic heterocycles. The Morgan fingerprint density at radius 2 is 0.879 bits per heavy atom. The lowest BCUT2D eigenvalue weighted by molar-refractivity contribution is 0.426. The van der Waals surface area contributed by atoms with Crippen molar-refractivity contribution < 1.29 is 10.0 Å². The highest BCUT2D eigenvalue weighted by Gasteiger charge is 2.19. The number of aromatic nitrogens is 3. The summed E-state index contributed by atoms with van der Waals surface area (Å²) in [4.78, 5) is 14.2. The first-order valence-corrected chi connectivity index (χ1v) is 10.6. The summed E-state index contributed by atoms with van der Waals surface area (Å²) in [5.41, 5.74) is 4.56. The van der Waals surface area contributed by atoms with E-state index in [1.807, 2.05) is 97.1 Å². The van der Waals surface area contributed by atoms with Gasteiger partial charge in [-0.3, -0.25) is 0 Å². The van der Waals surface area contributed by atoms with E-state index in [1.54, 1.807) is 12.1 Å². The van der Waals surface area contributed by atoms with Crippen LogP contribution in [0.1, 0.15) is 0 Å². The van der Waals surface area contributed by atoms with Crippen LogP contribution < -0.4 is 5.46 Å². The molecule has 0 amide bonds. The van der Waals surface area contributed by atoms with Crippen molar-refractivity contribution in [1.82, 2.24) is 15.0 Å². The summed E-state index contributed by atoms with van der Waals surface area (Å²) in [5.74, 6) is 1.66. The standard InChI is InChI=1S/C27H20BN3O2/c32-28(33)24-17-16-22(18-23(24)19-10-4-1-5-11-19)27-30-25(20-12-6-2-7-13-20)29-26(31-27)21-14-8-3-9-15-21/h1-18,32-33H. The van der Waals surface area contributed by atoms with Crippen LogP contribution in [0.15, 0.2) is 109 Å². The fraction of sp³-hybridized carbons (Fsp3) is 0. The highest BCUT2D eigenvalue weighted by Crippen LogP contribution is 2.27. The van der Waals surface area contributed by atoms with Gasteiger partial charge in [-0.2, -0.15) is 0 Å². The van der Waals surface area contributed by atoms with Crippen LogP contribution in [-0.4, -0.2) is 32.1 Å². The van der Waals surface area contributed by atoms with Crippen molar-refractivity contribution in [2.75, 3.05) is 0 Å². The molecule has 6 heteroatoms. The molecule has 5 rings (SSSR count). The van der Waals surface area contributed by atoms with Crippen molar-refractivity contribution >= 4 is 12.6 Å². The summed E-state index contributed by atoms with van der Waals surface area (Å²) in [6.07, 6.45) is 0. The third kappa shape index (κ3) is 4.43. The minimum absolute atomic E-state index is 0.422. The molecule has 0 aliphatic heterocycles. The lowest BCUT2D eigenvalue weighted by Crippen LogP contribution is -2.31. The topological polar surface area (TPSA) is 79.1 Å². The van der Waals surface area contributed by atoms with E-state index in [9.17, 15) is 10.0 Å². The summed E-state index contributed by atoms with van der Waals surface area (Å²) >= 11 is 0. The van der Waals surface area contributed by atoms with Gasteiger partial charge in [0.15, 0.2) is 17.5 Å². The van der Waals surface area contributed by atoms with E-state index in [0.29, 0.717) is 28.5 Å². The first-order valence-electron chi connectivity index (χ1n) is 10.6. The van der Waals surface area contributed by atoms with E-state index in [4.69, 9.17) is 15.0 Å². The van der Waals surface area contributed by atoms with Crippen LogP contribution in [0.2, 0.25) is 0 Å². The second kappa shape index (κ2) is 9.16. The van der Waals surface area contributed by atoms with Gasteiger partial charge in [-0.15, -0.1) is 0 Å². The Hall–Kier alpha value is -4.13. The molecule has 0 aliphatic carbocycles. The molecule has 0 atom stereocenters. The van der Waals surface area contributed by atoms with E-state index in [1.165, 1.54) is 0 Å². The first-order chi connectivity index (χ1) is 16.2. The molecule has 0 saturated heterocycles. The molecular weight excluding hydrogens is 409 g/mol. The lowest BCUT2D eigenvalue weighted by Gasteiger charge is -2.13. The van der Waals surface area contributed by atoms with Gasteiger partial charge in [-0.25, -0.2) is 15.0 Å². The number of hydrogen-bond donors (Lipinski definition) is 2. The molecule has 33 heavy (non-hydrogen) atoms. The summed E-state index contributed by atoms with van der Waals surface area (Å²) in [6, 6.07) is 34.6. The smallest absolute Gasteiger partial charge is 0.423 e. The van der Waals surface area contributed by atoms with Crippen molar-refractivity contribution in [3.05, 3.63) is 109 Å². The van der Waals surface area contributed by atoms with E-state index in [0.717, 1.165) is 22.3 Å². The molecule has 4 aromatic carbocycles. The molecule has 0 bridgehead atoms. The van der Waals surface area contributed by atoms with Gasteiger partial charge in [0.2, 0.25) is 0 Å². The molecule has 5 aromatic rings. The number of rotatable bonds is 5. The molecule has 0 fully saturated rings. The Labute approximate surface area is 192 Å². The predicted octanol–water partition coefficient (Wildman–Crippen LogP) is 4.22. The molecule has 0 aliphatic rings. The fourth-order valence-corrected chi connectivity index (χ4v) is 3.73. The molecule has 2 N–H and O–H groups in total. The van der Waals surface area contributed by atoms with Crippen LogP contribution in [0.3, 0.4) is 0 Å². The van der Waals surface area contributed by atoms with Crippen LogP contribution in [0.5, 0.6) is 0 Å². The van der Waals surface area contributed by atoms with Crippen LogP contribution in [0.4, 0.5) is 0 Å². The molecule has 0 radical (unpaired) electrons. The Morgan fingerprint density at radius 3 is 1.33 bits per heavy atom. The second-order valence-electron chi connectivity index (χ2n) is 7.58. The normalized spacial score (nSPS) is 10.7. The molecular formula is C27H20BN3O2. The van der Waals surface area contributed by atoms with E-state index < -0.39 is 7.12 Å². The number of hydrogen-bond acceptors (Lipinski definition) is 5. The minimum atomic E-state index is -1.59. The van der Waals surface area contributed by atoms with Crippen molar-refractivity contribution in [1.29, 1.82) is 0 Å². The fourth-order valence-electron chi connectivity index (χ4n) is 3.73. The zero-order valence-corrected chi connectivity index (χ0v) is 17.7. The number of nitrogens with zero attached hydrogens (tertiary/aromatic N) is 3. The van der Waals surface area contributed by atoms with Crippen LogP contribution in [0.25, 0.3) is 45.3 Å². The lowest BCUT2D eigenvalue weighted by atomic mass is 9.75. The average molecular weight is 429 g/mol. The van der Waals surface area contributed by atoms with E-state index in [2.05, 4.69) is 0 Å². The maximum Gasteiger partial charge on any atom is 0.489 e. The van der Waals surface area contributed by atoms with Gasteiger partial charge < -0.3 is 10.0 Å². The molecule has 5 nitrogen and oxygen atoms in total. The molecule has 158 valence electrons. The largest absolute Gasteiger partial charge is 0.489 e. The monoisotopic (exact) mass is 429 g/mol. The first kappa shape index (κ1) is 20.8. The number of benzene rings is 4. The van der Waals surface area contributed by atoms with Crippen LogP contribution in [0, 0.1) is 0 Å². The summed E-state index contributed by atoms with van der Waals surface area (Å²) < 4.78 is 0. The van der Waals surface area contributed by atoms with E-state index in [-0.39, 0.29) is 0 Å². The maximum absolute atomic E-state index is 9.93. The third-order valence-electron chi connectivity index (χ3n) is 5.37. The van der Waals surface area contributed by atoms with Crippen LogP contribution in [-0.2, 0) is 0 Å². The quantitative estimate of drug-likeness (QED) is 0.409. The van der Waals surface area contributed by atoms with Crippen molar-refractivity contribution in [2.24, 2.45) is 0 Å². The molecule has 1 heterocycles. The van der Waals surface area contributed by atoms with Crippen LogP contribution >= 0.6 is 0 Å². The molecule has 0 unspecified atom stereocenters. The average Bonchev–Trinajstić information content (AvgIpc) is 2.89. The van der Waals surface area contributed by atoms with Gasteiger partial charge in [-0.05, 0) is 22.7 Å². The van der Waals surface area contributed by atoms with Gasteiger partial charge in [0.1, 0.15) is 0 Å². The maximum atomic E-state index is 9.93. The van der Waals surface area contributed by atoms with Crippen molar-refractivity contribution in [3.63, 3.8) is 0 Å². The highest BCUT2D eigenvalue weighted by molar-refractivity contribution is 6.60. The third-order valence-corrected chi connectivity index (χ3v) is 5.37. The van der Waals surface area contributed by atoms with Gasteiger partial charge in [0.05, 0.1) is 0 Å². The van der Waals surface area contributed by atoms with Crippen molar-refractivity contribution in [3.8, 4) is 45.3 Å². The Balaban J connectivity index is 1.70. The summed E-state index contributed by atoms with van der Waals surface area (Å²) in [5, 5.41) is 19.9. The second-order valence-corrected chi connectivity index (χ2v) is 7.58. The molecule has 0 saturated carbocycles. The van der Waals surface area contributed by atoms with Gasteiger partial charge in [-0.1, -0.05) is 103 Å². The predicted molar refractivity (Wildman–Crippen MR) is 131 cm³/mol. The Bertz CT molecular complexity index is 1320. The molecule has 0 spiro atoms. The zero-order chi connectivity index (χ0) is 22.6. The van der Waals surface area contributed by atoms with Gasteiger partial charge in [0, 0.05) is 16.7 Å². The highest BCUT2D eigenvalue weighted by atomic mass is 16.4.